The van der Waals surface area contributed by atoms with Gasteiger partial charge in [0.1, 0.15) is 11.3 Å². The minimum atomic E-state index is -0.318. The number of nitrogens with zero attached hydrogens (tertiary/aromatic N) is 6. The molecule has 0 bridgehead atoms. The Morgan fingerprint density at radius 3 is 2.48 bits per heavy atom. The fourth-order valence-corrected chi connectivity index (χ4v) is 3.77. The minimum Gasteiger partial charge on any atom is -0.478 e. The van der Waals surface area contributed by atoms with Gasteiger partial charge in [0.2, 0.25) is 5.82 Å². The van der Waals surface area contributed by atoms with Crippen molar-refractivity contribution in [2.45, 2.75) is 13.5 Å². The fraction of sp³-hybridized carbons (Fsp3) is 0.143. The molecule has 0 unspecified atom stereocenters. The van der Waals surface area contributed by atoms with Crippen molar-refractivity contribution < 1.29 is 4.74 Å². The average molecular weight is 414 g/mol. The molecule has 0 aliphatic heterocycles. The number of aromatic amines is 2. The molecular formula is C21H18N8O2. The van der Waals surface area contributed by atoms with E-state index in [0.29, 0.717) is 29.2 Å². The van der Waals surface area contributed by atoms with E-state index in [4.69, 9.17) is 4.74 Å². The first-order chi connectivity index (χ1) is 15.2. The average Bonchev–Trinajstić information content (AvgIpc) is 3.44. The van der Waals surface area contributed by atoms with Crippen LogP contribution in [0.1, 0.15) is 11.4 Å². The highest BCUT2D eigenvalue weighted by Gasteiger charge is 2.19. The van der Waals surface area contributed by atoms with Crippen LogP contribution in [0.15, 0.2) is 53.3 Å². The predicted molar refractivity (Wildman–Crippen MR) is 114 cm³/mol. The highest BCUT2D eigenvalue weighted by atomic mass is 16.5. The number of fused-ring (bicyclic) bond motifs is 1. The van der Waals surface area contributed by atoms with Crippen molar-refractivity contribution in [3.8, 4) is 28.4 Å². The molecule has 0 amide bonds. The van der Waals surface area contributed by atoms with Crippen LogP contribution >= 0.6 is 0 Å². The van der Waals surface area contributed by atoms with Crippen molar-refractivity contribution in [1.29, 1.82) is 0 Å². The van der Waals surface area contributed by atoms with E-state index in [-0.39, 0.29) is 11.4 Å². The molecule has 2 N–H and O–H groups in total. The van der Waals surface area contributed by atoms with E-state index < -0.39 is 0 Å². The molecule has 0 radical (unpaired) electrons. The Morgan fingerprint density at radius 2 is 1.74 bits per heavy atom. The smallest absolute Gasteiger partial charge is 0.290 e. The van der Waals surface area contributed by atoms with Crippen molar-refractivity contribution in [1.82, 2.24) is 40.4 Å². The van der Waals surface area contributed by atoms with Gasteiger partial charge in [-0.25, -0.2) is 10.1 Å². The largest absolute Gasteiger partial charge is 0.478 e. The molecular weight excluding hydrogens is 396 g/mol. The first-order valence-corrected chi connectivity index (χ1v) is 9.58. The third-order valence-corrected chi connectivity index (χ3v) is 5.18. The zero-order chi connectivity index (χ0) is 21.4. The second-order valence-electron chi connectivity index (χ2n) is 6.94. The number of tetrazole rings is 1. The molecule has 0 aliphatic carbocycles. The SMILES string of the molecule is COc1n[nH]c(=O)c2c1nc(C)n2Cc1ccccc1-c1ccccc1-c1nn[nH]n1. The molecule has 3 aromatic heterocycles. The predicted octanol–water partition coefficient (Wildman–Crippen LogP) is 2.33. The van der Waals surface area contributed by atoms with Gasteiger partial charge in [-0.05, 0) is 28.8 Å². The number of ether oxygens (including phenoxy) is 1. The number of hydrogen-bond donors (Lipinski definition) is 2. The van der Waals surface area contributed by atoms with Gasteiger partial charge in [0.05, 0.1) is 13.7 Å². The summed E-state index contributed by atoms with van der Waals surface area (Å²) in [4.78, 5) is 17.1. The van der Waals surface area contributed by atoms with E-state index in [0.717, 1.165) is 22.3 Å². The maximum atomic E-state index is 12.6. The molecule has 0 saturated heterocycles. The molecule has 154 valence electrons. The maximum Gasteiger partial charge on any atom is 0.290 e. The Morgan fingerprint density at radius 1 is 1.00 bits per heavy atom. The topological polar surface area (TPSA) is 127 Å². The third-order valence-electron chi connectivity index (χ3n) is 5.18. The fourth-order valence-electron chi connectivity index (χ4n) is 3.77. The summed E-state index contributed by atoms with van der Waals surface area (Å²) in [7, 11) is 1.50. The van der Waals surface area contributed by atoms with Crippen LogP contribution in [0.25, 0.3) is 33.5 Å². The number of benzene rings is 2. The van der Waals surface area contributed by atoms with Crippen molar-refractivity contribution in [2.24, 2.45) is 0 Å². The van der Waals surface area contributed by atoms with E-state index >= 15 is 0 Å². The van der Waals surface area contributed by atoms with E-state index in [1.54, 1.807) is 0 Å². The van der Waals surface area contributed by atoms with E-state index in [1.165, 1.54) is 7.11 Å². The van der Waals surface area contributed by atoms with Gasteiger partial charge in [-0.15, -0.1) is 15.3 Å². The van der Waals surface area contributed by atoms with Crippen LogP contribution in [0.2, 0.25) is 0 Å². The van der Waals surface area contributed by atoms with E-state index in [2.05, 4.69) is 35.8 Å². The summed E-state index contributed by atoms with van der Waals surface area (Å²) in [6, 6.07) is 15.9. The molecule has 0 atom stereocenters. The number of aromatic nitrogens is 8. The van der Waals surface area contributed by atoms with Gasteiger partial charge in [-0.2, -0.15) is 5.21 Å². The van der Waals surface area contributed by atoms with Crippen molar-refractivity contribution in [3.63, 3.8) is 0 Å². The summed E-state index contributed by atoms with van der Waals surface area (Å²) >= 11 is 0. The Labute approximate surface area is 175 Å². The van der Waals surface area contributed by atoms with Crippen molar-refractivity contribution in [3.05, 3.63) is 70.3 Å². The number of aryl methyl sites for hydroxylation is 1. The number of methoxy groups -OCH3 is 1. The number of H-pyrrole nitrogens is 2. The molecule has 3 heterocycles. The van der Waals surface area contributed by atoms with Gasteiger partial charge in [0.15, 0.2) is 5.52 Å². The second-order valence-corrected chi connectivity index (χ2v) is 6.94. The summed E-state index contributed by atoms with van der Waals surface area (Å²) in [5, 5.41) is 20.9. The number of rotatable bonds is 5. The minimum absolute atomic E-state index is 0.284. The zero-order valence-corrected chi connectivity index (χ0v) is 16.8. The van der Waals surface area contributed by atoms with Gasteiger partial charge in [0, 0.05) is 5.56 Å². The molecule has 10 heteroatoms. The van der Waals surface area contributed by atoms with Crippen molar-refractivity contribution in [2.75, 3.05) is 7.11 Å². The third kappa shape index (κ3) is 3.14. The molecule has 10 nitrogen and oxygen atoms in total. The Bertz CT molecular complexity index is 1440. The first kappa shape index (κ1) is 18.7. The van der Waals surface area contributed by atoms with Gasteiger partial charge in [0.25, 0.3) is 11.4 Å². The van der Waals surface area contributed by atoms with Crippen LogP contribution in [-0.4, -0.2) is 47.5 Å². The summed E-state index contributed by atoms with van der Waals surface area (Å²) < 4.78 is 7.14. The van der Waals surface area contributed by atoms with Crippen molar-refractivity contribution >= 4 is 11.0 Å². The Balaban J connectivity index is 1.67. The van der Waals surface area contributed by atoms with E-state index in [9.17, 15) is 4.79 Å². The lowest BCUT2D eigenvalue weighted by molar-refractivity contribution is 0.396. The lowest BCUT2D eigenvalue weighted by atomic mass is 9.95. The molecule has 0 saturated carbocycles. The van der Waals surface area contributed by atoms with Gasteiger partial charge >= 0.3 is 0 Å². The standard InChI is InChI=1S/C21H18N8O2/c1-12-22-17-18(20(30)25-26-21(17)31-2)29(12)11-13-7-3-4-8-14(13)15-9-5-6-10-16(15)19-23-27-28-24-19/h3-10H,11H2,1-2H3,(H,25,30)(H,23,24,27,28). The highest BCUT2D eigenvalue weighted by Crippen LogP contribution is 2.33. The normalized spacial score (nSPS) is 11.2. The second kappa shape index (κ2) is 7.48. The van der Waals surface area contributed by atoms with Crippen LogP contribution in [-0.2, 0) is 6.54 Å². The number of hydrogen-bond acceptors (Lipinski definition) is 7. The molecule has 5 rings (SSSR count). The molecule has 31 heavy (non-hydrogen) atoms. The Kier molecular flexibility index (Phi) is 4.51. The first-order valence-electron chi connectivity index (χ1n) is 9.58. The summed E-state index contributed by atoms with van der Waals surface area (Å²) in [6.45, 7) is 2.30. The summed E-state index contributed by atoms with van der Waals surface area (Å²) in [6.07, 6.45) is 0. The van der Waals surface area contributed by atoms with Crippen LogP contribution in [0, 0.1) is 6.92 Å². The Hall–Kier alpha value is -4.34. The lowest BCUT2D eigenvalue weighted by Gasteiger charge is -2.14. The van der Waals surface area contributed by atoms with Crippen LogP contribution in [0.4, 0.5) is 0 Å². The maximum absolute atomic E-state index is 12.6. The monoisotopic (exact) mass is 414 g/mol. The molecule has 0 spiro atoms. The zero-order valence-electron chi connectivity index (χ0n) is 16.8. The molecule has 0 aliphatic rings. The van der Waals surface area contributed by atoms with Crippen LogP contribution < -0.4 is 10.3 Å². The van der Waals surface area contributed by atoms with Gasteiger partial charge in [-0.3, -0.25) is 4.79 Å². The molecule has 5 aromatic rings. The lowest BCUT2D eigenvalue weighted by Crippen LogP contribution is -2.14. The van der Waals surface area contributed by atoms with Gasteiger partial charge < -0.3 is 9.30 Å². The van der Waals surface area contributed by atoms with Crippen LogP contribution in [0.5, 0.6) is 5.88 Å². The summed E-state index contributed by atoms with van der Waals surface area (Å²) in [5.74, 6) is 1.49. The van der Waals surface area contributed by atoms with E-state index in [1.807, 2.05) is 60.0 Å². The quantitative estimate of drug-likeness (QED) is 0.452. The number of nitrogens with one attached hydrogen (secondary N) is 2. The molecule has 0 fully saturated rings. The summed E-state index contributed by atoms with van der Waals surface area (Å²) in [5.41, 5.74) is 4.38. The molecule has 2 aromatic carbocycles. The highest BCUT2D eigenvalue weighted by molar-refractivity contribution is 5.83. The van der Waals surface area contributed by atoms with Crippen LogP contribution in [0.3, 0.4) is 0 Å². The van der Waals surface area contributed by atoms with Gasteiger partial charge in [-0.1, -0.05) is 48.5 Å². The number of imidazole rings is 1.